The van der Waals surface area contributed by atoms with Crippen LogP contribution in [0.2, 0.25) is 0 Å². The fourth-order valence-electron chi connectivity index (χ4n) is 7.30. The molecular weight excluding hydrogens is 350 g/mol. The zero-order chi connectivity index (χ0) is 19.5. The molecule has 0 radical (unpaired) electrons. The third-order valence-corrected chi connectivity index (χ3v) is 8.80. The quantitative estimate of drug-likeness (QED) is 0.674. The van der Waals surface area contributed by atoms with E-state index >= 15 is 0 Å². The second kappa shape index (κ2) is 6.33. The van der Waals surface area contributed by atoms with Crippen molar-refractivity contribution in [3.8, 4) is 5.75 Å². The third-order valence-electron chi connectivity index (χ3n) is 8.80. The van der Waals surface area contributed by atoms with Gasteiger partial charge in [0.25, 0.3) is 0 Å². The van der Waals surface area contributed by atoms with Gasteiger partial charge in [-0.15, -0.1) is 0 Å². The van der Waals surface area contributed by atoms with E-state index in [9.17, 15) is 4.79 Å². The van der Waals surface area contributed by atoms with Gasteiger partial charge < -0.3 is 9.47 Å². The number of hydrogen-bond acceptors (Lipinski definition) is 4. The molecule has 4 heteroatoms. The molecule has 1 aromatic rings. The molecule has 3 aliphatic carbocycles. The Kier molecular flexibility index (Phi) is 4.12. The van der Waals surface area contributed by atoms with E-state index < -0.39 is 0 Å². The number of hydrogen-bond donors (Lipinski definition) is 0. The van der Waals surface area contributed by atoms with Crippen molar-refractivity contribution in [1.29, 1.82) is 0 Å². The predicted molar refractivity (Wildman–Crippen MR) is 108 cm³/mol. The fraction of sp³-hybridized carbons (Fsp3) is 0.667. The van der Waals surface area contributed by atoms with Crippen LogP contribution in [0.1, 0.15) is 64.4 Å². The van der Waals surface area contributed by atoms with Crippen LogP contribution in [0.15, 0.2) is 24.5 Å². The number of methoxy groups -OCH3 is 1. The molecule has 0 amide bonds. The Morgan fingerprint density at radius 1 is 1.18 bits per heavy atom. The molecule has 5 rings (SSSR count). The van der Waals surface area contributed by atoms with E-state index in [4.69, 9.17) is 9.47 Å². The molecule has 1 saturated heterocycles. The molecule has 2 heterocycles. The van der Waals surface area contributed by atoms with E-state index in [1.807, 2.05) is 12.3 Å². The smallest absolute Gasteiger partial charge is 0.306 e. The lowest BCUT2D eigenvalue weighted by Crippen LogP contribution is -2.56. The molecule has 6 atom stereocenters. The van der Waals surface area contributed by atoms with Gasteiger partial charge in [-0.3, -0.25) is 9.78 Å². The zero-order valence-electron chi connectivity index (χ0n) is 17.2. The van der Waals surface area contributed by atoms with Crippen molar-refractivity contribution in [3.63, 3.8) is 0 Å². The standard InChI is InChI=1S/C24H31NO3/c1-23-11-8-19-15(4-7-21-24(19,2)12-9-22(26)28-21)17(23)5-6-18(23)16-14-25-13-10-20(16)27-3/h6,10,13-15,17,19,21H,4-5,7-9,11-12H2,1-3H3/t15-,17-,19-,21?,23-,24+/m0/s1. The number of fused-ring (bicyclic) bond motifs is 5. The topological polar surface area (TPSA) is 48.4 Å². The van der Waals surface area contributed by atoms with Gasteiger partial charge in [-0.05, 0) is 73.3 Å². The maximum atomic E-state index is 11.9. The van der Waals surface area contributed by atoms with Gasteiger partial charge in [0, 0.05) is 29.8 Å². The summed E-state index contributed by atoms with van der Waals surface area (Å²) in [5.74, 6) is 2.99. The lowest BCUT2D eigenvalue weighted by Gasteiger charge is -2.59. The average Bonchev–Trinajstić information content (AvgIpc) is 3.05. The molecule has 4 aliphatic rings. The minimum Gasteiger partial charge on any atom is -0.496 e. The average molecular weight is 382 g/mol. The van der Waals surface area contributed by atoms with Gasteiger partial charge in [0.05, 0.1) is 7.11 Å². The number of carbonyl (C=O) groups is 1. The van der Waals surface area contributed by atoms with Crippen LogP contribution in [-0.4, -0.2) is 24.2 Å². The number of esters is 1. The van der Waals surface area contributed by atoms with E-state index in [0.717, 1.165) is 25.0 Å². The lowest BCUT2D eigenvalue weighted by atomic mass is 9.47. The van der Waals surface area contributed by atoms with Crippen LogP contribution in [0.5, 0.6) is 5.75 Å². The van der Waals surface area contributed by atoms with Gasteiger partial charge in [-0.2, -0.15) is 0 Å². The van der Waals surface area contributed by atoms with Crippen molar-refractivity contribution >= 4 is 11.5 Å². The van der Waals surface area contributed by atoms with Crippen molar-refractivity contribution in [3.05, 3.63) is 30.1 Å². The molecule has 2 saturated carbocycles. The molecule has 1 aliphatic heterocycles. The summed E-state index contributed by atoms with van der Waals surface area (Å²) in [6.45, 7) is 4.87. The Hall–Kier alpha value is -1.84. The largest absolute Gasteiger partial charge is 0.496 e. The van der Waals surface area contributed by atoms with Gasteiger partial charge in [0.15, 0.2) is 0 Å². The monoisotopic (exact) mass is 381 g/mol. The number of pyridine rings is 1. The highest BCUT2D eigenvalue weighted by Crippen LogP contribution is 2.66. The molecule has 4 nitrogen and oxygen atoms in total. The Balaban J connectivity index is 1.46. The molecule has 3 fully saturated rings. The van der Waals surface area contributed by atoms with Crippen LogP contribution in [0.3, 0.4) is 0 Å². The predicted octanol–water partition coefficient (Wildman–Crippen LogP) is 5.03. The van der Waals surface area contributed by atoms with Crippen LogP contribution in [-0.2, 0) is 9.53 Å². The summed E-state index contributed by atoms with van der Waals surface area (Å²) in [6, 6.07) is 1.97. The molecule has 0 N–H and O–H groups in total. The number of aromatic nitrogens is 1. The van der Waals surface area contributed by atoms with Crippen LogP contribution in [0, 0.1) is 28.6 Å². The summed E-state index contributed by atoms with van der Waals surface area (Å²) in [6.07, 6.45) is 13.7. The Morgan fingerprint density at radius 2 is 2.04 bits per heavy atom. The van der Waals surface area contributed by atoms with Gasteiger partial charge in [-0.25, -0.2) is 0 Å². The number of carbonyl (C=O) groups excluding carboxylic acids is 1. The zero-order valence-corrected chi connectivity index (χ0v) is 17.2. The Morgan fingerprint density at radius 3 is 2.86 bits per heavy atom. The van der Waals surface area contributed by atoms with Crippen molar-refractivity contribution in [2.75, 3.05) is 7.11 Å². The summed E-state index contributed by atoms with van der Waals surface area (Å²) < 4.78 is 11.5. The van der Waals surface area contributed by atoms with Crippen LogP contribution < -0.4 is 4.74 Å². The summed E-state index contributed by atoms with van der Waals surface area (Å²) >= 11 is 0. The van der Waals surface area contributed by atoms with E-state index in [1.165, 1.54) is 30.4 Å². The Labute approximate surface area is 167 Å². The second-order valence-electron chi connectivity index (χ2n) is 9.82. The first-order chi connectivity index (χ1) is 13.5. The van der Waals surface area contributed by atoms with E-state index in [0.29, 0.717) is 24.2 Å². The highest BCUT2D eigenvalue weighted by molar-refractivity contribution is 5.76. The molecular formula is C24H31NO3. The molecule has 28 heavy (non-hydrogen) atoms. The first-order valence-corrected chi connectivity index (χ1v) is 10.9. The molecule has 150 valence electrons. The fourth-order valence-corrected chi connectivity index (χ4v) is 7.30. The number of nitrogens with zero attached hydrogens (tertiary/aromatic N) is 1. The number of rotatable bonds is 2. The molecule has 0 spiro atoms. The summed E-state index contributed by atoms with van der Waals surface area (Å²) in [4.78, 5) is 16.3. The molecule has 1 unspecified atom stereocenters. The summed E-state index contributed by atoms with van der Waals surface area (Å²) in [5.41, 5.74) is 2.95. The van der Waals surface area contributed by atoms with E-state index in [-0.39, 0.29) is 22.9 Å². The molecule has 1 aromatic heterocycles. The SMILES string of the molecule is COc1ccncc1C1=CC[C@H]2[C@@H]3CCC4OC(=O)CC[C@]4(C)[C@H]3CC[C@]12C. The maximum Gasteiger partial charge on any atom is 0.306 e. The first kappa shape index (κ1) is 18.2. The number of ether oxygens (including phenoxy) is 2. The second-order valence-corrected chi connectivity index (χ2v) is 9.82. The maximum absolute atomic E-state index is 11.9. The van der Waals surface area contributed by atoms with Crippen molar-refractivity contribution in [2.45, 2.75) is 64.9 Å². The number of allylic oxidation sites excluding steroid dienone is 2. The van der Waals surface area contributed by atoms with Crippen molar-refractivity contribution < 1.29 is 14.3 Å². The third kappa shape index (κ3) is 2.42. The van der Waals surface area contributed by atoms with Gasteiger partial charge in [-0.1, -0.05) is 19.9 Å². The first-order valence-electron chi connectivity index (χ1n) is 10.9. The van der Waals surface area contributed by atoms with Crippen molar-refractivity contribution in [2.24, 2.45) is 28.6 Å². The molecule has 0 aromatic carbocycles. The van der Waals surface area contributed by atoms with Crippen LogP contribution in [0.25, 0.3) is 5.57 Å². The summed E-state index contributed by atoms with van der Waals surface area (Å²) in [7, 11) is 1.75. The minimum atomic E-state index is 0.00932. The van der Waals surface area contributed by atoms with Gasteiger partial charge in [0.1, 0.15) is 11.9 Å². The molecule has 0 bridgehead atoms. The highest BCUT2D eigenvalue weighted by atomic mass is 16.5. The van der Waals surface area contributed by atoms with Gasteiger partial charge in [0.2, 0.25) is 0 Å². The Bertz CT molecular complexity index is 833. The summed E-state index contributed by atoms with van der Waals surface area (Å²) in [5, 5.41) is 0. The van der Waals surface area contributed by atoms with Crippen LogP contribution in [0.4, 0.5) is 0 Å². The van der Waals surface area contributed by atoms with E-state index in [1.54, 1.807) is 13.3 Å². The van der Waals surface area contributed by atoms with E-state index in [2.05, 4.69) is 24.9 Å². The van der Waals surface area contributed by atoms with Gasteiger partial charge >= 0.3 is 5.97 Å². The highest BCUT2D eigenvalue weighted by Gasteiger charge is 2.59. The van der Waals surface area contributed by atoms with Crippen LogP contribution >= 0.6 is 0 Å². The minimum absolute atomic E-state index is 0.00932. The lowest BCUT2D eigenvalue weighted by molar-refractivity contribution is -0.189. The normalized spacial score (nSPS) is 42.0. The van der Waals surface area contributed by atoms with Crippen molar-refractivity contribution in [1.82, 2.24) is 4.98 Å².